The molecule has 2 unspecified atom stereocenters. The Balaban J connectivity index is 2.80. The minimum absolute atomic E-state index is 0.0577. The summed E-state index contributed by atoms with van der Waals surface area (Å²) in [7, 11) is 3.23. The third-order valence-electron chi connectivity index (χ3n) is 3.41. The maximum absolute atomic E-state index is 11.4. The molecule has 0 bridgehead atoms. The van der Waals surface area contributed by atoms with Crippen LogP contribution in [0.2, 0.25) is 0 Å². The van der Waals surface area contributed by atoms with Gasteiger partial charge >= 0.3 is 5.97 Å². The van der Waals surface area contributed by atoms with Crippen LogP contribution < -0.4 is 4.74 Å². The zero-order valence-electron chi connectivity index (χ0n) is 11.8. The summed E-state index contributed by atoms with van der Waals surface area (Å²) in [5, 5.41) is 9.39. The summed E-state index contributed by atoms with van der Waals surface area (Å²) in [6.45, 7) is 2.53. The highest BCUT2D eigenvalue weighted by atomic mass is 16.5. The summed E-state index contributed by atoms with van der Waals surface area (Å²) in [5.41, 5.74) is 0.932. The highest BCUT2D eigenvalue weighted by Crippen LogP contribution is 2.26. The van der Waals surface area contributed by atoms with E-state index >= 15 is 0 Å². The Morgan fingerprint density at radius 3 is 2.58 bits per heavy atom. The van der Waals surface area contributed by atoms with E-state index in [1.54, 1.807) is 14.2 Å². The molecule has 19 heavy (non-hydrogen) atoms. The smallest absolute Gasteiger partial charge is 0.307 e. The van der Waals surface area contributed by atoms with Crippen LogP contribution in [-0.2, 0) is 16.0 Å². The van der Waals surface area contributed by atoms with Crippen LogP contribution in [0.3, 0.4) is 0 Å². The first-order chi connectivity index (χ1) is 9.10. The quantitative estimate of drug-likeness (QED) is 0.786. The molecule has 0 saturated heterocycles. The molecule has 0 aliphatic heterocycles. The normalized spacial score (nSPS) is 13.8. The van der Waals surface area contributed by atoms with Crippen LogP contribution in [0.5, 0.6) is 5.75 Å². The average Bonchev–Trinajstić information content (AvgIpc) is 2.42. The number of rotatable bonds is 8. The van der Waals surface area contributed by atoms with E-state index in [9.17, 15) is 9.90 Å². The summed E-state index contributed by atoms with van der Waals surface area (Å²) in [6.07, 6.45) is 1.22. The van der Waals surface area contributed by atoms with Crippen molar-refractivity contribution in [2.75, 3.05) is 20.8 Å². The molecular weight excluding hydrogens is 244 g/mol. The number of methoxy groups -OCH3 is 2. The van der Waals surface area contributed by atoms with E-state index in [4.69, 9.17) is 9.47 Å². The van der Waals surface area contributed by atoms with Gasteiger partial charge in [0.2, 0.25) is 0 Å². The van der Waals surface area contributed by atoms with Gasteiger partial charge in [-0.25, -0.2) is 0 Å². The van der Waals surface area contributed by atoms with E-state index in [1.165, 1.54) is 0 Å². The number of benzene rings is 1. The van der Waals surface area contributed by atoms with Crippen molar-refractivity contribution in [3.63, 3.8) is 0 Å². The molecule has 2 atom stereocenters. The van der Waals surface area contributed by atoms with Crippen molar-refractivity contribution in [3.05, 3.63) is 29.8 Å². The number of aliphatic carboxylic acids is 1. The number of carboxylic acids is 1. The van der Waals surface area contributed by atoms with E-state index in [1.807, 2.05) is 31.2 Å². The molecule has 1 aromatic carbocycles. The molecule has 0 heterocycles. The summed E-state index contributed by atoms with van der Waals surface area (Å²) in [5.74, 6) is -0.393. The van der Waals surface area contributed by atoms with Crippen LogP contribution in [0.4, 0.5) is 0 Å². The third kappa shape index (κ3) is 4.56. The minimum Gasteiger partial charge on any atom is -0.496 e. The Labute approximate surface area is 114 Å². The predicted molar refractivity (Wildman–Crippen MR) is 73.5 cm³/mol. The van der Waals surface area contributed by atoms with Gasteiger partial charge in [-0.15, -0.1) is 0 Å². The van der Waals surface area contributed by atoms with Gasteiger partial charge in [0.05, 0.1) is 13.0 Å². The molecule has 0 aliphatic carbocycles. The number of carbonyl (C=O) groups is 1. The fraction of sp³-hybridized carbons (Fsp3) is 0.533. The highest BCUT2D eigenvalue weighted by molar-refractivity contribution is 5.71. The fourth-order valence-electron chi connectivity index (χ4n) is 2.15. The van der Waals surface area contributed by atoms with Gasteiger partial charge in [-0.05, 0) is 30.4 Å². The first-order valence-corrected chi connectivity index (χ1v) is 6.43. The van der Waals surface area contributed by atoms with Crippen molar-refractivity contribution >= 4 is 5.97 Å². The van der Waals surface area contributed by atoms with Crippen molar-refractivity contribution in [1.82, 2.24) is 0 Å². The van der Waals surface area contributed by atoms with Gasteiger partial charge < -0.3 is 14.6 Å². The Morgan fingerprint density at radius 1 is 1.32 bits per heavy atom. The maximum Gasteiger partial charge on any atom is 0.307 e. The molecule has 0 radical (unpaired) electrons. The second-order valence-corrected chi connectivity index (χ2v) is 4.72. The van der Waals surface area contributed by atoms with Crippen LogP contribution in [-0.4, -0.2) is 31.9 Å². The largest absolute Gasteiger partial charge is 0.496 e. The molecule has 0 aliphatic rings. The van der Waals surface area contributed by atoms with Crippen molar-refractivity contribution in [3.8, 4) is 5.75 Å². The predicted octanol–water partition coefficient (Wildman–Crippen LogP) is 2.61. The van der Waals surface area contributed by atoms with Crippen LogP contribution in [0.1, 0.15) is 18.9 Å². The lowest BCUT2D eigenvalue weighted by Crippen LogP contribution is -2.25. The summed E-state index contributed by atoms with van der Waals surface area (Å²) >= 11 is 0. The Kier molecular flexibility index (Phi) is 6.36. The number of hydrogen-bond acceptors (Lipinski definition) is 3. The molecule has 0 amide bonds. The van der Waals surface area contributed by atoms with Gasteiger partial charge in [0.1, 0.15) is 5.75 Å². The van der Waals surface area contributed by atoms with E-state index in [0.29, 0.717) is 13.0 Å². The summed E-state index contributed by atoms with van der Waals surface area (Å²) < 4.78 is 10.3. The molecule has 0 aromatic heterocycles. The Morgan fingerprint density at radius 2 is 2.00 bits per heavy atom. The van der Waals surface area contributed by atoms with Gasteiger partial charge in [-0.3, -0.25) is 4.79 Å². The average molecular weight is 266 g/mol. The number of carboxylic acid groups (broad SMARTS) is 1. The highest BCUT2D eigenvalue weighted by Gasteiger charge is 2.25. The zero-order chi connectivity index (χ0) is 14.3. The Hall–Kier alpha value is -1.55. The summed E-state index contributed by atoms with van der Waals surface area (Å²) in [4.78, 5) is 11.4. The fourth-order valence-corrected chi connectivity index (χ4v) is 2.15. The first-order valence-electron chi connectivity index (χ1n) is 6.43. The van der Waals surface area contributed by atoms with Crippen molar-refractivity contribution in [2.24, 2.45) is 11.8 Å². The molecule has 0 spiro atoms. The molecule has 0 fully saturated rings. The van der Waals surface area contributed by atoms with Gasteiger partial charge in [-0.2, -0.15) is 0 Å². The Bertz CT molecular complexity index is 403. The van der Waals surface area contributed by atoms with Gasteiger partial charge in [0.15, 0.2) is 0 Å². The molecule has 1 N–H and O–H groups in total. The number of para-hydroxylation sites is 1. The lowest BCUT2D eigenvalue weighted by Gasteiger charge is -2.21. The van der Waals surface area contributed by atoms with E-state index in [-0.39, 0.29) is 5.92 Å². The number of ether oxygens (including phenoxy) is 2. The van der Waals surface area contributed by atoms with Gasteiger partial charge in [-0.1, -0.05) is 25.1 Å². The second-order valence-electron chi connectivity index (χ2n) is 4.72. The minimum atomic E-state index is -0.769. The van der Waals surface area contributed by atoms with Gasteiger partial charge in [0, 0.05) is 13.7 Å². The number of hydrogen-bond donors (Lipinski definition) is 1. The lowest BCUT2D eigenvalue weighted by atomic mass is 9.86. The summed E-state index contributed by atoms with van der Waals surface area (Å²) in [6, 6.07) is 7.55. The molecule has 0 saturated carbocycles. The van der Waals surface area contributed by atoms with Gasteiger partial charge in [0.25, 0.3) is 0 Å². The second kappa shape index (κ2) is 7.79. The molecule has 1 aromatic rings. The van der Waals surface area contributed by atoms with Crippen LogP contribution in [0, 0.1) is 11.8 Å². The van der Waals surface area contributed by atoms with Crippen LogP contribution >= 0.6 is 0 Å². The standard InChI is InChI=1S/C15H22O4/c1-11(8-9-18-2)13(15(16)17)10-12-6-4-5-7-14(12)19-3/h4-7,11,13H,8-10H2,1-3H3,(H,16,17). The molecule has 1 rings (SSSR count). The monoisotopic (exact) mass is 266 g/mol. The SMILES string of the molecule is COCCC(C)C(Cc1ccccc1OC)C(=O)O. The molecule has 4 heteroatoms. The van der Waals surface area contributed by atoms with Crippen LogP contribution in [0.15, 0.2) is 24.3 Å². The van der Waals surface area contributed by atoms with Crippen molar-refractivity contribution in [1.29, 1.82) is 0 Å². The zero-order valence-corrected chi connectivity index (χ0v) is 11.8. The third-order valence-corrected chi connectivity index (χ3v) is 3.41. The van der Waals surface area contributed by atoms with Crippen molar-refractivity contribution < 1.29 is 19.4 Å². The first kappa shape index (κ1) is 15.5. The topological polar surface area (TPSA) is 55.8 Å². The van der Waals surface area contributed by atoms with Crippen molar-refractivity contribution in [2.45, 2.75) is 19.8 Å². The molecule has 106 valence electrons. The maximum atomic E-state index is 11.4. The van der Waals surface area contributed by atoms with E-state index in [0.717, 1.165) is 17.7 Å². The van der Waals surface area contributed by atoms with E-state index < -0.39 is 11.9 Å². The lowest BCUT2D eigenvalue weighted by molar-refractivity contribution is -0.143. The van der Waals surface area contributed by atoms with Crippen LogP contribution in [0.25, 0.3) is 0 Å². The van der Waals surface area contributed by atoms with E-state index in [2.05, 4.69) is 0 Å². The molecular formula is C15H22O4. The molecule has 4 nitrogen and oxygen atoms in total.